The molecule has 1 heterocycles. The Morgan fingerprint density at radius 1 is 0.906 bits per heavy atom. The predicted molar refractivity (Wildman–Crippen MR) is 104 cm³/mol. The third-order valence-electron chi connectivity index (χ3n) is 5.57. The van der Waals surface area contributed by atoms with Gasteiger partial charge in [-0.1, -0.05) is 0 Å². The van der Waals surface area contributed by atoms with E-state index in [9.17, 15) is 45.3 Å². The summed E-state index contributed by atoms with van der Waals surface area (Å²) in [6, 6.07) is 3.16. The number of aliphatic hydroxyl groups excluding tert-OH is 4. The summed E-state index contributed by atoms with van der Waals surface area (Å²) >= 11 is 0. The summed E-state index contributed by atoms with van der Waals surface area (Å²) in [7, 11) is 0. The van der Waals surface area contributed by atoms with Gasteiger partial charge in [0, 0.05) is 17.2 Å². The number of hydrogen-bond donors (Lipinski definition) is 7. The third kappa shape index (κ3) is 3.18. The van der Waals surface area contributed by atoms with E-state index in [0.717, 1.165) is 12.1 Å². The first-order chi connectivity index (χ1) is 15.1. The first kappa shape index (κ1) is 22.0. The Balaban J connectivity index is 1.78. The molecule has 170 valence electrons. The number of aliphatic hydroxyl groups is 4. The lowest BCUT2D eigenvalue weighted by atomic mass is 9.82. The Labute approximate surface area is 180 Å². The Bertz CT molecular complexity index is 1120. The Kier molecular flexibility index (Phi) is 5.31. The topological polar surface area (TPSA) is 194 Å². The zero-order valence-electron chi connectivity index (χ0n) is 16.6. The van der Waals surface area contributed by atoms with E-state index >= 15 is 0 Å². The number of fused-ring (bicyclic) bond motifs is 2. The van der Waals surface area contributed by atoms with Gasteiger partial charge in [-0.05, 0) is 24.6 Å². The van der Waals surface area contributed by atoms with Crippen LogP contribution in [-0.4, -0.2) is 84.6 Å². The van der Waals surface area contributed by atoms with Crippen LogP contribution in [-0.2, 0) is 4.74 Å². The number of ether oxygens (including phenoxy) is 2. The number of benzene rings is 2. The molecule has 4 rings (SSSR count). The average Bonchev–Trinajstić information content (AvgIpc) is 2.73. The van der Waals surface area contributed by atoms with Crippen LogP contribution in [0.25, 0.3) is 0 Å². The Morgan fingerprint density at radius 2 is 1.56 bits per heavy atom. The first-order valence-electron chi connectivity index (χ1n) is 9.55. The number of rotatable bonds is 3. The van der Waals surface area contributed by atoms with Gasteiger partial charge < -0.3 is 45.2 Å². The molecule has 1 aliphatic heterocycles. The van der Waals surface area contributed by atoms with Gasteiger partial charge in [0.1, 0.15) is 35.9 Å². The summed E-state index contributed by atoms with van der Waals surface area (Å²) in [6.45, 7) is 0.738. The summed E-state index contributed by atoms with van der Waals surface area (Å²) in [5.74, 6) is -3.82. The second-order valence-electron chi connectivity index (χ2n) is 7.65. The number of carbonyl (C=O) groups excluding carboxylic acids is 2. The third-order valence-corrected chi connectivity index (χ3v) is 5.57. The van der Waals surface area contributed by atoms with Crippen LogP contribution >= 0.6 is 0 Å². The molecular weight excluding hydrogens is 428 g/mol. The van der Waals surface area contributed by atoms with Crippen LogP contribution in [0.5, 0.6) is 23.0 Å². The van der Waals surface area contributed by atoms with Crippen molar-refractivity contribution < 1.29 is 54.8 Å². The summed E-state index contributed by atoms with van der Waals surface area (Å²) in [4.78, 5) is 25.9. The van der Waals surface area contributed by atoms with Crippen molar-refractivity contribution in [2.75, 3.05) is 6.61 Å². The van der Waals surface area contributed by atoms with E-state index in [2.05, 4.69) is 0 Å². The van der Waals surface area contributed by atoms with Gasteiger partial charge in [0.2, 0.25) is 12.1 Å². The molecule has 2 aliphatic rings. The number of aryl methyl sites for hydroxylation is 1. The number of ketones is 2. The van der Waals surface area contributed by atoms with Crippen molar-refractivity contribution in [1.82, 2.24) is 0 Å². The minimum Gasteiger partial charge on any atom is -0.508 e. The SMILES string of the molecule is Cc1cc2c(c(O)c1OC1OC(CO)C(O)C(O)C1O)C(=O)c1c(O)cc(O)cc1C2=O. The standard InChI is InChI=1S/C21H20O11/c1-6-2-8-13(16(27)12-9(14(8)25)3-7(23)4-10(12)24)17(28)20(6)32-21-19(30)18(29)15(26)11(5-22)31-21/h2-4,11,15,18-19,21-24,26,28-30H,5H2,1H3. The van der Waals surface area contributed by atoms with Gasteiger partial charge in [-0.25, -0.2) is 0 Å². The summed E-state index contributed by atoms with van der Waals surface area (Å²) in [5.41, 5.74) is -1.14. The highest BCUT2D eigenvalue weighted by Crippen LogP contribution is 2.44. The fraction of sp³-hybridized carbons (Fsp3) is 0.333. The predicted octanol–water partition coefficient (Wildman–Crippen LogP) is -0.934. The number of hydrogen-bond acceptors (Lipinski definition) is 11. The maximum atomic E-state index is 13.0. The highest BCUT2D eigenvalue weighted by molar-refractivity contribution is 6.30. The molecule has 0 bridgehead atoms. The lowest BCUT2D eigenvalue weighted by molar-refractivity contribution is -0.277. The monoisotopic (exact) mass is 448 g/mol. The van der Waals surface area contributed by atoms with E-state index in [0.29, 0.717) is 0 Å². The van der Waals surface area contributed by atoms with Gasteiger partial charge in [0.15, 0.2) is 17.3 Å². The van der Waals surface area contributed by atoms with Crippen molar-refractivity contribution in [2.45, 2.75) is 37.6 Å². The molecule has 5 atom stereocenters. The van der Waals surface area contributed by atoms with Gasteiger partial charge in [0.25, 0.3) is 0 Å². The van der Waals surface area contributed by atoms with Crippen molar-refractivity contribution in [3.63, 3.8) is 0 Å². The molecule has 5 unspecified atom stereocenters. The first-order valence-corrected chi connectivity index (χ1v) is 9.55. The van der Waals surface area contributed by atoms with Crippen LogP contribution < -0.4 is 4.74 Å². The van der Waals surface area contributed by atoms with Crippen molar-refractivity contribution in [1.29, 1.82) is 0 Å². The van der Waals surface area contributed by atoms with Gasteiger partial charge in [-0.15, -0.1) is 0 Å². The summed E-state index contributed by atoms with van der Waals surface area (Å²) in [5, 5.41) is 69.9. The molecule has 0 aromatic heterocycles. The molecular formula is C21H20O11. The molecule has 2 aromatic carbocycles. The van der Waals surface area contributed by atoms with Gasteiger partial charge >= 0.3 is 0 Å². The van der Waals surface area contributed by atoms with Gasteiger partial charge in [0.05, 0.1) is 17.7 Å². The minimum absolute atomic E-state index is 0.159. The average molecular weight is 448 g/mol. The normalized spacial score (nSPS) is 27.1. The number of carbonyl (C=O) groups is 2. The van der Waals surface area contributed by atoms with Crippen molar-refractivity contribution in [3.8, 4) is 23.0 Å². The zero-order chi connectivity index (χ0) is 23.5. The van der Waals surface area contributed by atoms with Crippen LogP contribution in [0.2, 0.25) is 0 Å². The van der Waals surface area contributed by atoms with E-state index in [1.54, 1.807) is 0 Å². The molecule has 11 nitrogen and oxygen atoms in total. The molecule has 1 fully saturated rings. The molecule has 0 radical (unpaired) electrons. The molecule has 1 saturated heterocycles. The van der Waals surface area contributed by atoms with Crippen LogP contribution in [0, 0.1) is 6.92 Å². The van der Waals surface area contributed by atoms with Crippen molar-refractivity contribution in [3.05, 3.63) is 46.0 Å². The lowest BCUT2D eigenvalue weighted by Crippen LogP contribution is -2.60. The molecule has 0 spiro atoms. The van der Waals surface area contributed by atoms with E-state index in [1.807, 2.05) is 0 Å². The van der Waals surface area contributed by atoms with E-state index in [-0.39, 0.29) is 22.4 Å². The van der Waals surface area contributed by atoms with Crippen LogP contribution in [0.3, 0.4) is 0 Å². The zero-order valence-corrected chi connectivity index (χ0v) is 16.6. The van der Waals surface area contributed by atoms with Crippen LogP contribution in [0.4, 0.5) is 0 Å². The summed E-state index contributed by atoms with van der Waals surface area (Å²) < 4.78 is 10.8. The van der Waals surface area contributed by atoms with Gasteiger partial charge in [-0.2, -0.15) is 0 Å². The highest BCUT2D eigenvalue weighted by atomic mass is 16.7. The van der Waals surface area contributed by atoms with E-state index < -0.39 is 77.3 Å². The van der Waals surface area contributed by atoms with Gasteiger partial charge in [-0.3, -0.25) is 9.59 Å². The highest BCUT2D eigenvalue weighted by Gasteiger charge is 2.45. The van der Waals surface area contributed by atoms with Crippen molar-refractivity contribution in [2.24, 2.45) is 0 Å². The van der Waals surface area contributed by atoms with Crippen molar-refractivity contribution >= 4 is 11.6 Å². The molecule has 0 amide bonds. The second kappa shape index (κ2) is 7.73. The molecule has 11 heteroatoms. The fourth-order valence-electron chi connectivity index (χ4n) is 3.92. The molecule has 0 saturated carbocycles. The lowest BCUT2D eigenvalue weighted by Gasteiger charge is -2.39. The maximum absolute atomic E-state index is 13.0. The van der Waals surface area contributed by atoms with E-state index in [1.165, 1.54) is 13.0 Å². The number of aromatic hydroxyl groups is 3. The Hall–Kier alpha value is -3.22. The molecule has 2 aromatic rings. The molecule has 7 N–H and O–H groups in total. The maximum Gasteiger partial charge on any atom is 0.229 e. The second-order valence-corrected chi connectivity index (χ2v) is 7.65. The Morgan fingerprint density at radius 3 is 2.22 bits per heavy atom. The van der Waals surface area contributed by atoms with E-state index in [4.69, 9.17) is 9.47 Å². The largest absolute Gasteiger partial charge is 0.508 e. The quantitative estimate of drug-likeness (QED) is 0.261. The van der Waals surface area contributed by atoms with Crippen LogP contribution in [0.15, 0.2) is 18.2 Å². The fourth-order valence-corrected chi connectivity index (χ4v) is 3.92. The smallest absolute Gasteiger partial charge is 0.229 e. The minimum atomic E-state index is -1.77. The molecule has 32 heavy (non-hydrogen) atoms. The number of phenolic OH excluding ortho intramolecular Hbond substituents is 3. The molecule has 1 aliphatic carbocycles. The van der Waals surface area contributed by atoms with Crippen LogP contribution in [0.1, 0.15) is 37.4 Å². The summed E-state index contributed by atoms with van der Waals surface area (Å²) in [6.07, 6.45) is -8.03. The number of phenols is 3.